The standard InChI is InChI=1S/C24H27N5O3S/c1-17-15-20(18(2)29(17)22-9-11-23(12-10-22)33(25,31)32)16-26-27-24(30)19-5-7-21(8-6-19)28-13-3-4-14-28/h5-12,15-16H,3-4,13-14H2,1-2H3,(H,27,30)(H2,25,31,32)/b26-16-. The van der Waals surface area contributed by atoms with E-state index < -0.39 is 10.0 Å². The number of sulfonamides is 1. The molecule has 1 amide bonds. The summed E-state index contributed by atoms with van der Waals surface area (Å²) in [6.45, 7) is 5.99. The topological polar surface area (TPSA) is 110 Å². The van der Waals surface area contributed by atoms with Crippen LogP contribution in [0.4, 0.5) is 5.69 Å². The lowest BCUT2D eigenvalue weighted by molar-refractivity contribution is 0.0955. The predicted octanol–water partition coefficient (Wildman–Crippen LogP) is 3.11. The van der Waals surface area contributed by atoms with E-state index in [4.69, 9.17) is 5.14 Å². The van der Waals surface area contributed by atoms with Gasteiger partial charge >= 0.3 is 0 Å². The van der Waals surface area contributed by atoms with Gasteiger partial charge in [0.2, 0.25) is 10.0 Å². The van der Waals surface area contributed by atoms with Gasteiger partial charge in [0.1, 0.15) is 0 Å². The third-order valence-corrected chi connectivity index (χ3v) is 6.79. The zero-order valence-corrected chi connectivity index (χ0v) is 19.5. The molecule has 0 bridgehead atoms. The summed E-state index contributed by atoms with van der Waals surface area (Å²) in [5, 5.41) is 9.31. The van der Waals surface area contributed by atoms with Crippen LogP contribution in [-0.4, -0.2) is 38.2 Å². The SMILES string of the molecule is Cc1cc(/C=N\NC(=O)c2ccc(N3CCCC3)cc2)c(C)n1-c1ccc(S(N)(=O)=O)cc1. The fourth-order valence-electron chi connectivity index (χ4n) is 4.12. The first-order chi connectivity index (χ1) is 15.7. The third-order valence-electron chi connectivity index (χ3n) is 5.86. The maximum atomic E-state index is 12.5. The minimum absolute atomic E-state index is 0.0617. The van der Waals surface area contributed by atoms with Crippen molar-refractivity contribution in [2.45, 2.75) is 31.6 Å². The number of carbonyl (C=O) groups is 1. The number of anilines is 1. The van der Waals surface area contributed by atoms with Crippen molar-refractivity contribution in [2.24, 2.45) is 10.2 Å². The molecule has 3 aromatic rings. The van der Waals surface area contributed by atoms with Gasteiger partial charge in [-0.25, -0.2) is 19.0 Å². The van der Waals surface area contributed by atoms with E-state index in [-0.39, 0.29) is 10.8 Å². The Morgan fingerprint density at radius 1 is 1.00 bits per heavy atom. The monoisotopic (exact) mass is 465 g/mol. The highest BCUT2D eigenvalue weighted by atomic mass is 32.2. The highest BCUT2D eigenvalue weighted by Gasteiger charge is 2.14. The summed E-state index contributed by atoms with van der Waals surface area (Å²) >= 11 is 0. The van der Waals surface area contributed by atoms with Crippen molar-refractivity contribution >= 4 is 27.8 Å². The number of rotatable bonds is 6. The second kappa shape index (κ2) is 9.21. The molecule has 2 aromatic carbocycles. The molecule has 33 heavy (non-hydrogen) atoms. The maximum absolute atomic E-state index is 12.5. The molecule has 0 radical (unpaired) electrons. The molecule has 0 saturated carbocycles. The molecule has 0 aliphatic carbocycles. The quantitative estimate of drug-likeness (QED) is 0.430. The molecule has 172 valence electrons. The van der Waals surface area contributed by atoms with Gasteiger partial charge in [0.15, 0.2) is 0 Å². The minimum atomic E-state index is -3.74. The lowest BCUT2D eigenvalue weighted by atomic mass is 10.2. The number of hydrazone groups is 1. The van der Waals surface area contributed by atoms with E-state index >= 15 is 0 Å². The molecule has 2 heterocycles. The minimum Gasteiger partial charge on any atom is -0.372 e. The fraction of sp³-hybridized carbons (Fsp3) is 0.250. The number of nitrogens with zero attached hydrogens (tertiary/aromatic N) is 3. The largest absolute Gasteiger partial charge is 0.372 e. The molecule has 9 heteroatoms. The van der Waals surface area contributed by atoms with E-state index in [1.54, 1.807) is 18.3 Å². The van der Waals surface area contributed by atoms with Gasteiger partial charge in [-0.15, -0.1) is 0 Å². The van der Waals surface area contributed by atoms with Gasteiger partial charge in [-0.2, -0.15) is 5.10 Å². The molecular formula is C24H27N5O3S. The number of nitrogens with one attached hydrogen (secondary N) is 1. The van der Waals surface area contributed by atoms with Crippen LogP contribution in [0, 0.1) is 13.8 Å². The van der Waals surface area contributed by atoms with Crippen molar-refractivity contribution in [3.8, 4) is 5.69 Å². The number of primary sulfonamides is 1. The van der Waals surface area contributed by atoms with Crippen molar-refractivity contribution in [1.82, 2.24) is 9.99 Å². The van der Waals surface area contributed by atoms with E-state index in [1.165, 1.54) is 25.0 Å². The van der Waals surface area contributed by atoms with E-state index in [2.05, 4.69) is 15.4 Å². The number of amides is 1. The summed E-state index contributed by atoms with van der Waals surface area (Å²) < 4.78 is 25.0. The first kappa shape index (κ1) is 22.8. The summed E-state index contributed by atoms with van der Waals surface area (Å²) in [5.41, 5.74) is 7.77. The summed E-state index contributed by atoms with van der Waals surface area (Å²) in [4.78, 5) is 14.8. The van der Waals surface area contributed by atoms with Crippen LogP contribution in [0.15, 0.2) is 64.6 Å². The van der Waals surface area contributed by atoms with Crippen molar-refractivity contribution in [1.29, 1.82) is 0 Å². The van der Waals surface area contributed by atoms with Crippen LogP contribution in [0.5, 0.6) is 0 Å². The molecule has 1 aliphatic rings. The normalized spacial score (nSPS) is 14.2. The number of hydrogen-bond donors (Lipinski definition) is 2. The van der Waals surface area contributed by atoms with Crippen LogP contribution in [0.3, 0.4) is 0 Å². The van der Waals surface area contributed by atoms with Gasteiger partial charge in [-0.05, 0) is 81.3 Å². The Morgan fingerprint density at radius 3 is 2.21 bits per heavy atom. The zero-order chi connectivity index (χ0) is 23.6. The van der Waals surface area contributed by atoms with Crippen molar-refractivity contribution in [2.75, 3.05) is 18.0 Å². The van der Waals surface area contributed by atoms with Crippen molar-refractivity contribution in [3.63, 3.8) is 0 Å². The van der Waals surface area contributed by atoms with Crippen molar-refractivity contribution in [3.05, 3.63) is 77.1 Å². The molecule has 1 aliphatic heterocycles. The van der Waals surface area contributed by atoms with Crippen molar-refractivity contribution < 1.29 is 13.2 Å². The van der Waals surface area contributed by atoms with Gasteiger partial charge in [0.25, 0.3) is 5.91 Å². The second-order valence-electron chi connectivity index (χ2n) is 8.14. The highest BCUT2D eigenvalue weighted by molar-refractivity contribution is 7.89. The molecule has 0 unspecified atom stereocenters. The van der Waals surface area contributed by atoms with Gasteiger partial charge < -0.3 is 9.47 Å². The van der Waals surface area contributed by atoms with Gasteiger partial charge in [0.05, 0.1) is 11.1 Å². The fourth-order valence-corrected chi connectivity index (χ4v) is 4.64. The Labute approximate surface area is 193 Å². The van der Waals surface area contributed by atoms with E-state index in [1.807, 2.05) is 48.7 Å². The van der Waals surface area contributed by atoms with Crippen LogP contribution in [0.2, 0.25) is 0 Å². The van der Waals surface area contributed by atoms with Crippen LogP contribution < -0.4 is 15.5 Å². The number of nitrogens with two attached hydrogens (primary N) is 1. The molecule has 1 saturated heterocycles. The van der Waals surface area contributed by atoms with Gasteiger partial charge in [-0.1, -0.05) is 0 Å². The molecule has 1 aromatic heterocycles. The zero-order valence-electron chi connectivity index (χ0n) is 18.7. The van der Waals surface area contributed by atoms with E-state index in [0.717, 1.165) is 41.4 Å². The van der Waals surface area contributed by atoms with Gasteiger partial charge in [-0.3, -0.25) is 4.79 Å². The Kier molecular flexibility index (Phi) is 6.35. The Morgan fingerprint density at radius 2 is 1.61 bits per heavy atom. The Balaban J connectivity index is 1.45. The summed E-state index contributed by atoms with van der Waals surface area (Å²) in [7, 11) is -3.74. The number of aromatic nitrogens is 1. The molecule has 4 rings (SSSR count). The second-order valence-corrected chi connectivity index (χ2v) is 9.70. The van der Waals surface area contributed by atoms with Crippen LogP contribution in [0.25, 0.3) is 5.69 Å². The summed E-state index contributed by atoms with van der Waals surface area (Å²) in [6, 6.07) is 15.9. The van der Waals surface area contributed by atoms with Gasteiger partial charge in [0, 0.05) is 47.0 Å². The molecule has 0 spiro atoms. The van der Waals surface area contributed by atoms with Crippen LogP contribution in [-0.2, 0) is 10.0 Å². The van der Waals surface area contributed by atoms with Crippen LogP contribution >= 0.6 is 0 Å². The molecule has 3 N–H and O–H groups in total. The lowest BCUT2D eigenvalue weighted by Crippen LogP contribution is -2.19. The molecule has 8 nitrogen and oxygen atoms in total. The average molecular weight is 466 g/mol. The van der Waals surface area contributed by atoms with Crippen LogP contribution in [0.1, 0.15) is 40.2 Å². The number of carbonyl (C=O) groups excluding carboxylic acids is 1. The average Bonchev–Trinajstić information content (AvgIpc) is 3.42. The van der Waals surface area contributed by atoms with E-state index in [9.17, 15) is 13.2 Å². The molecule has 1 fully saturated rings. The Hall–Kier alpha value is -3.43. The smallest absolute Gasteiger partial charge is 0.271 e. The molecule has 0 atom stereocenters. The van der Waals surface area contributed by atoms with E-state index in [0.29, 0.717) is 5.56 Å². The molecular weight excluding hydrogens is 438 g/mol. The summed E-state index contributed by atoms with van der Waals surface area (Å²) in [6.07, 6.45) is 4.02. The number of benzene rings is 2. The number of aryl methyl sites for hydroxylation is 1. The lowest BCUT2D eigenvalue weighted by Gasteiger charge is -2.17. The summed E-state index contributed by atoms with van der Waals surface area (Å²) in [5.74, 6) is -0.272. The Bertz CT molecular complexity index is 1290. The predicted molar refractivity (Wildman–Crippen MR) is 130 cm³/mol. The third kappa shape index (κ3) is 4.99. The first-order valence-electron chi connectivity index (χ1n) is 10.7. The first-order valence-corrected chi connectivity index (χ1v) is 12.3. The maximum Gasteiger partial charge on any atom is 0.271 e. The highest BCUT2D eigenvalue weighted by Crippen LogP contribution is 2.22. The number of hydrogen-bond acceptors (Lipinski definition) is 5.